The van der Waals surface area contributed by atoms with Crippen LogP contribution in [0.1, 0.15) is 24.8 Å². The molecule has 0 aliphatic carbocycles. The molecule has 6 heteroatoms. The summed E-state index contributed by atoms with van der Waals surface area (Å²) in [5.41, 5.74) is 2.87. The van der Waals surface area contributed by atoms with Gasteiger partial charge in [-0.15, -0.1) is 0 Å². The van der Waals surface area contributed by atoms with Crippen molar-refractivity contribution in [3.8, 4) is 5.75 Å². The molecule has 6 nitrogen and oxygen atoms in total. The summed E-state index contributed by atoms with van der Waals surface area (Å²) >= 11 is 0. The highest BCUT2D eigenvalue weighted by Crippen LogP contribution is 2.31. The molecule has 0 amide bonds. The van der Waals surface area contributed by atoms with E-state index in [1.165, 1.54) is 0 Å². The van der Waals surface area contributed by atoms with E-state index >= 15 is 0 Å². The fraction of sp³-hybridized carbons (Fsp3) is 0.286. The summed E-state index contributed by atoms with van der Waals surface area (Å²) in [4.78, 5) is 13.0. The fourth-order valence-electron chi connectivity index (χ4n) is 3.62. The number of fused-ring (bicyclic) bond motifs is 2. The molecule has 1 saturated heterocycles. The molecular formula is C21H20N4O2. The third kappa shape index (κ3) is 3.13. The van der Waals surface area contributed by atoms with Crippen LogP contribution < -0.4 is 4.74 Å². The molecule has 4 aromatic rings. The lowest BCUT2D eigenvalue weighted by atomic mass is 10.2. The number of aryl methyl sites for hydroxylation is 1. The van der Waals surface area contributed by atoms with Crippen LogP contribution in [0.25, 0.3) is 21.9 Å². The summed E-state index contributed by atoms with van der Waals surface area (Å²) in [6.07, 6.45) is 7.38. The van der Waals surface area contributed by atoms with E-state index < -0.39 is 0 Å². The number of hydrogen-bond acceptors (Lipinski definition) is 5. The Balaban J connectivity index is 1.26. The van der Waals surface area contributed by atoms with Gasteiger partial charge >= 0.3 is 0 Å². The topological polar surface area (TPSA) is 62.1 Å². The molecule has 3 aromatic heterocycles. The minimum absolute atomic E-state index is 0.00748. The van der Waals surface area contributed by atoms with Crippen molar-refractivity contribution in [1.29, 1.82) is 0 Å². The first kappa shape index (κ1) is 16.2. The Morgan fingerprint density at radius 1 is 1.15 bits per heavy atom. The van der Waals surface area contributed by atoms with Crippen molar-refractivity contribution in [2.45, 2.75) is 32.1 Å². The van der Waals surface area contributed by atoms with Crippen molar-refractivity contribution in [1.82, 2.24) is 19.5 Å². The fourth-order valence-corrected chi connectivity index (χ4v) is 3.62. The van der Waals surface area contributed by atoms with Gasteiger partial charge in [0.2, 0.25) is 0 Å². The predicted octanol–water partition coefficient (Wildman–Crippen LogP) is 4.04. The molecule has 1 fully saturated rings. The summed E-state index contributed by atoms with van der Waals surface area (Å²) in [5, 5.41) is 2.14. The standard InChI is InChI=1S/C21H20N4O2/c1-14-2-3-15-4-5-17(10-19(15)24-14)26-12-18-6-7-20(27-18)25-9-8-16-11-22-13-23-21(16)25/h2-5,8-11,13,18,20H,6-7,12H2,1H3. The second-order valence-electron chi connectivity index (χ2n) is 6.93. The highest BCUT2D eigenvalue weighted by Gasteiger charge is 2.28. The van der Waals surface area contributed by atoms with E-state index in [-0.39, 0.29) is 12.3 Å². The van der Waals surface area contributed by atoms with Gasteiger partial charge in [0, 0.05) is 34.9 Å². The van der Waals surface area contributed by atoms with Crippen molar-refractivity contribution in [2.24, 2.45) is 0 Å². The molecule has 4 heterocycles. The van der Waals surface area contributed by atoms with E-state index in [2.05, 4.69) is 25.6 Å². The minimum Gasteiger partial charge on any atom is -0.491 e. The molecule has 1 aliphatic rings. The first-order valence-electron chi connectivity index (χ1n) is 9.18. The molecule has 0 N–H and O–H groups in total. The van der Waals surface area contributed by atoms with Crippen molar-refractivity contribution >= 4 is 21.9 Å². The number of hydrogen-bond donors (Lipinski definition) is 0. The highest BCUT2D eigenvalue weighted by atomic mass is 16.6. The third-order valence-corrected chi connectivity index (χ3v) is 5.01. The van der Waals surface area contributed by atoms with E-state index in [4.69, 9.17) is 9.47 Å². The van der Waals surface area contributed by atoms with Gasteiger partial charge in [0.05, 0.1) is 11.6 Å². The lowest BCUT2D eigenvalue weighted by Gasteiger charge is -2.16. The number of nitrogens with zero attached hydrogens (tertiary/aromatic N) is 4. The van der Waals surface area contributed by atoms with Gasteiger partial charge in [-0.3, -0.25) is 4.98 Å². The van der Waals surface area contributed by atoms with Gasteiger partial charge < -0.3 is 14.0 Å². The number of pyridine rings is 1. The molecular weight excluding hydrogens is 340 g/mol. The van der Waals surface area contributed by atoms with Crippen LogP contribution in [0.4, 0.5) is 0 Å². The van der Waals surface area contributed by atoms with Gasteiger partial charge in [-0.25, -0.2) is 9.97 Å². The molecule has 0 radical (unpaired) electrons. The Morgan fingerprint density at radius 2 is 2.07 bits per heavy atom. The number of rotatable bonds is 4. The Kier molecular flexibility index (Phi) is 3.98. The number of ether oxygens (including phenoxy) is 2. The average molecular weight is 360 g/mol. The Bertz CT molecular complexity index is 1110. The van der Waals surface area contributed by atoms with Gasteiger partial charge in [-0.2, -0.15) is 0 Å². The lowest BCUT2D eigenvalue weighted by Crippen LogP contribution is -2.18. The maximum atomic E-state index is 6.20. The van der Waals surface area contributed by atoms with Crippen LogP contribution in [0.3, 0.4) is 0 Å². The Morgan fingerprint density at radius 3 is 3.04 bits per heavy atom. The largest absolute Gasteiger partial charge is 0.491 e. The molecule has 2 unspecified atom stereocenters. The third-order valence-electron chi connectivity index (χ3n) is 5.01. The molecule has 0 saturated carbocycles. The van der Waals surface area contributed by atoms with Gasteiger partial charge in [0.15, 0.2) is 0 Å². The van der Waals surface area contributed by atoms with E-state index in [0.717, 1.165) is 46.2 Å². The summed E-state index contributed by atoms with van der Waals surface area (Å²) in [5.74, 6) is 0.826. The molecule has 1 aliphatic heterocycles. The van der Waals surface area contributed by atoms with Crippen LogP contribution in [0, 0.1) is 6.92 Å². The van der Waals surface area contributed by atoms with E-state index in [0.29, 0.717) is 6.61 Å². The van der Waals surface area contributed by atoms with Crippen LogP contribution in [0.2, 0.25) is 0 Å². The maximum Gasteiger partial charge on any atom is 0.145 e. The predicted molar refractivity (Wildman–Crippen MR) is 103 cm³/mol. The second-order valence-corrected chi connectivity index (χ2v) is 6.93. The minimum atomic E-state index is -0.00748. The van der Waals surface area contributed by atoms with E-state index in [1.54, 1.807) is 6.33 Å². The molecule has 136 valence electrons. The van der Waals surface area contributed by atoms with Crippen molar-refractivity contribution < 1.29 is 9.47 Å². The van der Waals surface area contributed by atoms with Crippen LogP contribution in [0.15, 0.2) is 55.1 Å². The zero-order chi connectivity index (χ0) is 18.2. The van der Waals surface area contributed by atoms with Gasteiger partial charge in [0.1, 0.15) is 30.6 Å². The van der Waals surface area contributed by atoms with E-state index in [9.17, 15) is 0 Å². The molecule has 1 aromatic carbocycles. The van der Waals surface area contributed by atoms with Crippen LogP contribution in [-0.4, -0.2) is 32.2 Å². The van der Waals surface area contributed by atoms with Gasteiger partial charge in [0.25, 0.3) is 0 Å². The zero-order valence-corrected chi connectivity index (χ0v) is 15.1. The Hall–Kier alpha value is -2.99. The van der Waals surface area contributed by atoms with Crippen molar-refractivity contribution in [3.05, 3.63) is 60.8 Å². The summed E-state index contributed by atoms with van der Waals surface area (Å²) in [6.45, 7) is 2.53. The normalized spacial score (nSPS) is 19.7. The number of aromatic nitrogens is 4. The van der Waals surface area contributed by atoms with E-state index in [1.807, 2.05) is 49.6 Å². The maximum absolute atomic E-state index is 6.20. The molecule has 5 rings (SSSR count). The van der Waals surface area contributed by atoms with Gasteiger partial charge in [-0.1, -0.05) is 6.07 Å². The average Bonchev–Trinajstić information content (AvgIpc) is 3.32. The van der Waals surface area contributed by atoms with Crippen molar-refractivity contribution in [2.75, 3.05) is 6.61 Å². The van der Waals surface area contributed by atoms with Crippen molar-refractivity contribution in [3.63, 3.8) is 0 Å². The quantitative estimate of drug-likeness (QED) is 0.549. The molecule has 2 atom stereocenters. The van der Waals surface area contributed by atoms with Crippen LogP contribution in [0.5, 0.6) is 5.75 Å². The summed E-state index contributed by atoms with van der Waals surface area (Å²) < 4.78 is 14.3. The smallest absolute Gasteiger partial charge is 0.145 e. The second kappa shape index (κ2) is 6.63. The molecule has 0 bridgehead atoms. The van der Waals surface area contributed by atoms with Crippen LogP contribution >= 0.6 is 0 Å². The monoisotopic (exact) mass is 360 g/mol. The highest BCUT2D eigenvalue weighted by molar-refractivity contribution is 5.80. The Labute approximate surface area is 156 Å². The molecule has 27 heavy (non-hydrogen) atoms. The summed E-state index contributed by atoms with van der Waals surface area (Å²) in [6, 6.07) is 12.1. The zero-order valence-electron chi connectivity index (χ0n) is 15.1. The molecule has 0 spiro atoms. The first-order valence-corrected chi connectivity index (χ1v) is 9.18. The number of benzene rings is 1. The first-order chi connectivity index (χ1) is 13.3. The van der Waals surface area contributed by atoms with Gasteiger partial charge in [-0.05, 0) is 44.0 Å². The summed E-state index contributed by atoms with van der Waals surface area (Å²) in [7, 11) is 0. The van der Waals surface area contributed by atoms with Crippen LogP contribution in [-0.2, 0) is 4.74 Å². The SMILES string of the molecule is Cc1ccc2ccc(OCC3CCC(n4ccc5cncnc54)O3)cc2n1. The lowest BCUT2D eigenvalue weighted by molar-refractivity contribution is -0.0156.